The van der Waals surface area contributed by atoms with Crippen LogP contribution >= 0.6 is 0 Å². The van der Waals surface area contributed by atoms with Gasteiger partial charge in [0.05, 0.1) is 6.04 Å². The minimum atomic E-state index is -0.182. The van der Waals surface area contributed by atoms with Gasteiger partial charge >= 0.3 is 0 Å². The van der Waals surface area contributed by atoms with E-state index in [1.165, 1.54) is 0 Å². The van der Waals surface area contributed by atoms with E-state index in [0.29, 0.717) is 25.9 Å². The standard InChI is InChI=1S/C18H22N4O2/c23-17(9-13-22-12-5-10-19-22)20-16(15-6-2-1-3-7-15)14-21-11-4-8-18(21)24/h1-3,5-7,10,12,16H,4,8-9,11,13-14H2,(H,20,23). The van der Waals surface area contributed by atoms with E-state index in [4.69, 9.17) is 0 Å². The Balaban J connectivity index is 1.63. The molecule has 1 atom stereocenters. The minimum absolute atomic E-state index is 0.0361. The maximum atomic E-state index is 12.3. The summed E-state index contributed by atoms with van der Waals surface area (Å²) in [6.07, 6.45) is 5.40. The number of likely N-dealkylation sites (tertiary alicyclic amines) is 1. The van der Waals surface area contributed by atoms with Crippen LogP contribution in [-0.2, 0) is 16.1 Å². The van der Waals surface area contributed by atoms with Gasteiger partial charge in [-0.25, -0.2) is 0 Å². The molecule has 0 bridgehead atoms. The smallest absolute Gasteiger partial charge is 0.222 e. The van der Waals surface area contributed by atoms with E-state index in [-0.39, 0.29) is 17.9 Å². The second-order valence-corrected chi connectivity index (χ2v) is 5.99. The molecule has 3 rings (SSSR count). The third kappa shape index (κ3) is 4.22. The van der Waals surface area contributed by atoms with Gasteiger partial charge in [0.15, 0.2) is 0 Å². The molecule has 126 valence electrons. The third-order valence-electron chi connectivity index (χ3n) is 4.24. The second-order valence-electron chi connectivity index (χ2n) is 5.99. The van der Waals surface area contributed by atoms with Crippen molar-refractivity contribution < 1.29 is 9.59 Å². The maximum Gasteiger partial charge on any atom is 0.222 e. The number of benzene rings is 1. The number of carbonyl (C=O) groups is 2. The van der Waals surface area contributed by atoms with Crippen molar-refractivity contribution in [1.29, 1.82) is 0 Å². The van der Waals surface area contributed by atoms with E-state index in [2.05, 4.69) is 10.4 Å². The Morgan fingerprint density at radius 1 is 1.25 bits per heavy atom. The predicted molar refractivity (Wildman–Crippen MR) is 90.0 cm³/mol. The van der Waals surface area contributed by atoms with Crippen LogP contribution < -0.4 is 5.32 Å². The minimum Gasteiger partial charge on any atom is -0.347 e. The molecule has 2 heterocycles. The van der Waals surface area contributed by atoms with Gasteiger partial charge in [0, 0.05) is 44.9 Å². The molecule has 0 aliphatic carbocycles. The molecule has 0 radical (unpaired) electrons. The van der Waals surface area contributed by atoms with Gasteiger partial charge in [-0.15, -0.1) is 0 Å². The van der Waals surface area contributed by atoms with Crippen LogP contribution in [0.3, 0.4) is 0 Å². The molecule has 1 saturated heterocycles. The van der Waals surface area contributed by atoms with Crippen LogP contribution in [0.25, 0.3) is 0 Å². The fourth-order valence-corrected chi connectivity index (χ4v) is 2.95. The fourth-order valence-electron chi connectivity index (χ4n) is 2.95. The molecule has 1 aliphatic rings. The predicted octanol–water partition coefficient (Wildman–Crippen LogP) is 1.75. The Morgan fingerprint density at radius 2 is 2.08 bits per heavy atom. The molecule has 2 amide bonds. The van der Waals surface area contributed by atoms with E-state index < -0.39 is 0 Å². The van der Waals surface area contributed by atoms with Crippen molar-refractivity contribution in [1.82, 2.24) is 20.0 Å². The number of nitrogens with zero attached hydrogens (tertiary/aromatic N) is 3. The second kappa shape index (κ2) is 7.77. The van der Waals surface area contributed by atoms with Gasteiger partial charge in [-0.1, -0.05) is 30.3 Å². The summed E-state index contributed by atoms with van der Waals surface area (Å²) in [6, 6.07) is 11.5. The number of rotatable bonds is 7. The zero-order valence-corrected chi connectivity index (χ0v) is 13.6. The van der Waals surface area contributed by atoms with Gasteiger partial charge in [-0.05, 0) is 18.1 Å². The van der Waals surface area contributed by atoms with Crippen molar-refractivity contribution in [2.75, 3.05) is 13.1 Å². The number of aryl methyl sites for hydroxylation is 1. The van der Waals surface area contributed by atoms with Crippen LogP contribution in [0.15, 0.2) is 48.8 Å². The van der Waals surface area contributed by atoms with E-state index in [1.54, 1.807) is 10.9 Å². The van der Waals surface area contributed by atoms with Gasteiger partial charge in [-0.3, -0.25) is 14.3 Å². The average Bonchev–Trinajstić information content (AvgIpc) is 3.25. The van der Waals surface area contributed by atoms with E-state index in [1.807, 2.05) is 47.5 Å². The molecular formula is C18H22N4O2. The maximum absolute atomic E-state index is 12.3. The van der Waals surface area contributed by atoms with Crippen LogP contribution in [0, 0.1) is 0 Å². The molecule has 1 aliphatic heterocycles. The number of hydrogen-bond donors (Lipinski definition) is 1. The molecule has 6 heteroatoms. The molecule has 0 saturated carbocycles. The lowest BCUT2D eigenvalue weighted by molar-refractivity contribution is -0.129. The summed E-state index contributed by atoms with van der Waals surface area (Å²) in [5.41, 5.74) is 1.02. The topological polar surface area (TPSA) is 67.2 Å². The summed E-state index contributed by atoms with van der Waals surface area (Å²) in [6.45, 7) is 1.84. The summed E-state index contributed by atoms with van der Waals surface area (Å²) in [5.74, 6) is 0.132. The number of carbonyl (C=O) groups excluding carboxylic acids is 2. The van der Waals surface area contributed by atoms with Crippen LogP contribution in [0.1, 0.15) is 30.9 Å². The van der Waals surface area contributed by atoms with Gasteiger partial charge in [0.2, 0.25) is 11.8 Å². The third-order valence-corrected chi connectivity index (χ3v) is 4.24. The van der Waals surface area contributed by atoms with Gasteiger partial charge in [-0.2, -0.15) is 5.10 Å². The van der Waals surface area contributed by atoms with Crippen molar-refractivity contribution in [3.05, 3.63) is 54.4 Å². The van der Waals surface area contributed by atoms with Gasteiger partial charge in [0.1, 0.15) is 0 Å². The van der Waals surface area contributed by atoms with E-state index >= 15 is 0 Å². The van der Waals surface area contributed by atoms with Crippen LogP contribution in [0.5, 0.6) is 0 Å². The summed E-state index contributed by atoms with van der Waals surface area (Å²) >= 11 is 0. The summed E-state index contributed by atoms with van der Waals surface area (Å²) in [7, 11) is 0. The lowest BCUT2D eigenvalue weighted by Crippen LogP contribution is -2.38. The molecule has 2 aromatic rings. The SMILES string of the molecule is O=C(CCn1cccn1)NC(CN1CCCC1=O)c1ccccc1. The average molecular weight is 326 g/mol. The number of hydrogen-bond acceptors (Lipinski definition) is 3. The largest absolute Gasteiger partial charge is 0.347 e. The summed E-state index contributed by atoms with van der Waals surface area (Å²) in [4.78, 5) is 26.1. The zero-order chi connectivity index (χ0) is 16.8. The fraction of sp³-hybridized carbons (Fsp3) is 0.389. The van der Waals surface area contributed by atoms with Crippen LogP contribution in [0.2, 0.25) is 0 Å². The number of amides is 2. The highest BCUT2D eigenvalue weighted by molar-refractivity contribution is 5.79. The molecule has 1 fully saturated rings. The summed E-state index contributed by atoms with van der Waals surface area (Å²) in [5, 5.41) is 7.17. The zero-order valence-electron chi connectivity index (χ0n) is 13.6. The van der Waals surface area contributed by atoms with E-state index in [0.717, 1.165) is 18.5 Å². The van der Waals surface area contributed by atoms with Crippen molar-refractivity contribution in [2.24, 2.45) is 0 Å². The number of nitrogens with one attached hydrogen (secondary N) is 1. The Bertz CT molecular complexity index is 670. The van der Waals surface area contributed by atoms with Crippen molar-refractivity contribution >= 4 is 11.8 Å². The lowest BCUT2D eigenvalue weighted by Gasteiger charge is -2.25. The first-order chi connectivity index (χ1) is 11.7. The van der Waals surface area contributed by atoms with E-state index in [9.17, 15) is 9.59 Å². The molecule has 24 heavy (non-hydrogen) atoms. The van der Waals surface area contributed by atoms with Crippen LogP contribution in [-0.4, -0.2) is 39.6 Å². The highest BCUT2D eigenvalue weighted by Crippen LogP contribution is 2.18. The Kier molecular flexibility index (Phi) is 5.25. The molecular weight excluding hydrogens is 304 g/mol. The normalized spacial score (nSPS) is 15.5. The van der Waals surface area contributed by atoms with Crippen LogP contribution in [0.4, 0.5) is 0 Å². The first-order valence-electron chi connectivity index (χ1n) is 8.32. The Hall–Kier alpha value is -2.63. The lowest BCUT2D eigenvalue weighted by atomic mass is 10.1. The molecule has 6 nitrogen and oxygen atoms in total. The number of aromatic nitrogens is 2. The van der Waals surface area contributed by atoms with Crippen molar-refractivity contribution in [3.8, 4) is 0 Å². The monoisotopic (exact) mass is 326 g/mol. The molecule has 1 unspecified atom stereocenters. The first kappa shape index (κ1) is 16.2. The van der Waals surface area contributed by atoms with Gasteiger partial charge < -0.3 is 10.2 Å². The Morgan fingerprint density at radius 3 is 2.75 bits per heavy atom. The first-order valence-corrected chi connectivity index (χ1v) is 8.32. The van der Waals surface area contributed by atoms with Gasteiger partial charge in [0.25, 0.3) is 0 Å². The van der Waals surface area contributed by atoms with Crippen molar-refractivity contribution in [2.45, 2.75) is 31.8 Å². The van der Waals surface area contributed by atoms with Crippen molar-refractivity contribution in [3.63, 3.8) is 0 Å². The quantitative estimate of drug-likeness (QED) is 0.843. The Labute approximate surface area is 141 Å². The molecule has 1 aromatic heterocycles. The highest BCUT2D eigenvalue weighted by Gasteiger charge is 2.25. The molecule has 1 N–H and O–H groups in total. The molecule has 0 spiro atoms. The summed E-state index contributed by atoms with van der Waals surface area (Å²) < 4.78 is 1.74. The highest BCUT2D eigenvalue weighted by atomic mass is 16.2. The molecule has 1 aromatic carbocycles.